The Morgan fingerprint density at radius 1 is 1.21 bits per heavy atom. The molecule has 0 aliphatic heterocycles. The maximum Gasteiger partial charge on any atom is 0.178 e. The molecule has 2 atom stereocenters. The zero-order valence-electron chi connectivity index (χ0n) is 11.8. The number of fused-ring (bicyclic) bond motifs is 1. The van der Waals surface area contributed by atoms with Gasteiger partial charge in [0.25, 0.3) is 0 Å². The van der Waals surface area contributed by atoms with Crippen LogP contribution in [0.5, 0.6) is 0 Å². The van der Waals surface area contributed by atoms with Crippen LogP contribution in [0.3, 0.4) is 0 Å². The van der Waals surface area contributed by atoms with Gasteiger partial charge in [0.05, 0.1) is 11.0 Å². The molecule has 0 bridgehead atoms. The number of aromatic amines is 1. The van der Waals surface area contributed by atoms with Crippen LogP contribution in [-0.4, -0.2) is 9.55 Å². The normalized spacial score (nSPS) is 24.5. The van der Waals surface area contributed by atoms with Crippen LogP contribution in [0, 0.1) is 17.6 Å². The molecule has 1 aromatic carbocycles. The average molecular weight is 274 g/mol. The highest BCUT2D eigenvalue weighted by molar-refractivity contribution is 7.71. The standard InChI is InChI=1S/C16H22N2S/c1-11-4-3-5-13(8-6-11)18-15-10-12(2)7-9-14(15)17-16(18)19/h7,9-11,13H,3-6,8H2,1-2H3,(H,17,19). The second-order valence-electron chi connectivity index (χ2n) is 6.09. The number of aromatic nitrogens is 2. The largest absolute Gasteiger partial charge is 0.331 e. The summed E-state index contributed by atoms with van der Waals surface area (Å²) in [5, 5.41) is 0. The van der Waals surface area contributed by atoms with Gasteiger partial charge in [0.2, 0.25) is 0 Å². The van der Waals surface area contributed by atoms with E-state index in [4.69, 9.17) is 12.2 Å². The monoisotopic (exact) mass is 274 g/mol. The highest BCUT2D eigenvalue weighted by atomic mass is 32.1. The number of aryl methyl sites for hydroxylation is 1. The molecule has 0 saturated heterocycles. The fourth-order valence-electron chi connectivity index (χ4n) is 3.32. The molecule has 0 radical (unpaired) electrons. The van der Waals surface area contributed by atoms with Crippen molar-refractivity contribution in [2.75, 3.05) is 0 Å². The predicted octanol–water partition coefficient (Wildman–Crippen LogP) is 5.15. The summed E-state index contributed by atoms with van der Waals surface area (Å²) in [6.07, 6.45) is 6.54. The molecule has 1 aliphatic carbocycles. The molecule has 0 spiro atoms. The van der Waals surface area contributed by atoms with Crippen LogP contribution in [-0.2, 0) is 0 Å². The van der Waals surface area contributed by atoms with E-state index in [1.165, 1.54) is 48.7 Å². The second-order valence-corrected chi connectivity index (χ2v) is 6.47. The molecule has 3 heteroatoms. The molecular formula is C16H22N2S. The van der Waals surface area contributed by atoms with Crippen LogP contribution in [0.1, 0.15) is 50.6 Å². The van der Waals surface area contributed by atoms with Gasteiger partial charge in [-0.2, -0.15) is 0 Å². The van der Waals surface area contributed by atoms with Gasteiger partial charge in [0.1, 0.15) is 0 Å². The summed E-state index contributed by atoms with van der Waals surface area (Å²) in [7, 11) is 0. The number of imidazole rings is 1. The number of benzene rings is 1. The summed E-state index contributed by atoms with van der Waals surface area (Å²) in [6.45, 7) is 4.52. The van der Waals surface area contributed by atoms with Crippen molar-refractivity contribution in [2.45, 2.75) is 52.0 Å². The minimum Gasteiger partial charge on any atom is -0.331 e. The number of nitrogens with one attached hydrogen (secondary N) is 1. The van der Waals surface area contributed by atoms with Crippen molar-refractivity contribution >= 4 is 23.3 Å². The van der Waals surface area contributed by atoms with Gasteiger partial charge in [0.15, 0.2) is 4.77 Å². The average Bonchev–Trinajstić information content (AvgIpc) is 2.55. The Balaban J connectivity index is 2.06. The minimum atomic E-state index is 0.577. The fraction of sp³-hybridized carbons (Fsp3) is 0.562. The Hall–Kier alpha value is -1.09. The van der Waals surface area contributed by atoms with Crippen molar-refractivity contribution in [1.29, 1.82) is 0 Å². The van der Waals surface area contributed by atoms with E-state index in [0.717, 1.165) is 10.7 Å². The van der Waals surface area contributed by atoms with Gasteiger partial charge < -0.3 is 9.55 Å². The zero-order chi connectivity index (χ0) is 13.4. The lowest BCUT2D eigenvalue weighted by atomic mass is 10.0. The summed E-state index contributed by atoms with van der Waals surface area (Å²) in [5.41, 5.74) is 3.76. The van der Waals surface area contributed by atoms with E-state index in [2.05, 4.69) is 41.6 Å². The van der Waals surface area contributed by atoms with Crippen molar-refractivity contribution in [3.63, 3.8) is 0 Å². The van der Waals surface area contributed by atoms with E-state index in [-0.39, 0.29) is 0 Å². The Morgan fingerprint density at radius 3 is 2.89 bits per heavy atom. The molecule has 1 saturated carbocycles. The number of nitrogens with zero attached hydrogens (tertiary/aromatic N) is 1. The van der Waals surface area contributed by atoms with Gasteiger partial charge >= 0.3 is 0 Å². The van der Waals surface area contributed by atoms with E-state index in [0.29, 0.717) is 6.04 Å². The van der Waals surface area contributed by atoms with Crippen LogP contribution in [0.2, 0.25) is 0 Å². The van der Waals surface area contributed by atoms with E-state index in [1.54, 1.807) is 0 Å². The first kappa shape index (κ1) is 12.9. The number of hydrogen-bond donors (Lipinski definition) is 1. The molecular weight excluding hydrogens is 252 g/mol. The fourth-order valence-corrected chi connectivity index (χ4v) is 3.68. The van der Waals surface area contributed by atoms with Crippen molar-refractivity contribution in [2.24, 2.45) is 5.92 Å². The molecule has 102 valence electrons. The maximum absolute atomic E-state index is 5.56. The highest BCUT2D eigenvalue weighted by Crippen LogP contribution is 2.33. The van der Waals surface area contributed by atoms with Gasteiger partial charge in [-0.1, -0.05) is 25.8 Å². The first-order valence-corrected chi connectivity index (χ1v) is 7.77. The van der Waals surface area contributed by atoms with Crippen LogP contribution >= 0.6 is 12.2 Å². The van der Waals surface area contributed by atoms with E-state index in [1.807, 2.05) is 0 Å². The smallest absolute Gasteiger partial charge is 0.178 e. The zero-order valence-corrected chi connectivity index (χ0v) is 12.6. The van der Waals surface area contributed by atoms with E-state index < -0.39 is 0 Å². The Bertz CT molecular complexity index is 638. The van der Waals surface area contributed by atoms with Gasteiger partial charge in [-0.25, -0.2) is 0 Å². The molecule has 1 N–H and O–H groups in total. The molecule has 1 aromatic heterocycles. The molecule has 1 fully saturated rings. The van der Waals surface area contributed by atoms with Crippen LogP contribution in [0.15, 0.2) is 18.2 Å². The van der Waals surface area contributed by atoms with Crippen molar-refractivity contribution in [3.05, 3.63) is 28.5 Å². The molecule has 19 heavy (non-hydrogen) atoms. The summed E-state index contributed by atoms with van der Waals surface area (Å²) < 4.78 is 3.26. The SMILES string of the molecule is Cc1ccc2[nH]c(=S)n(C3CCCC(C)CC3)c2c1. The Kier molecular flexibility index (Phi) is 3.48. The molecule has 0 amide bonds. The molecule has 3 rings (SSSR count). The molecule has 2 aromatic rings. The lowest BCUT2D eigenvalue weighted by Gasteiger charge is -2.17. The van der Waals surface area contributed by atoms with Gasteiger partial charge in [-0.15, -0.1) is 0 Å². The van der Waals surface area contributed by atoms with Crippen LogP contribution < -0.4 is 0 Å². The predicted molar refractivity (Wildman–Crippen MR) is 83.1 cm³/mol. The van der Waals surface area contributed by atoms with Gasteiger partial charge in [0, 0.05) is 6.04 Å². The Labute approximate surface area is 119 Å². The first-order valence-electron chi connectivity index (χ1n) is 7.36. The summed E-state index contributed by atoms with van der Waals surface area (Å²) in [6, 6.07) is 7.13. The lowest BCUT2D eigenvalue weighted by molar-refractivity contribution is 0.438. The number of hydrogen-bond acceptors (Lipinski definition) is 1. The third-order valence-electron chi connectivity index (χ3n) is 4.47. The first-order chi connectivity index (χ1) is 9.15. The quantitative estimate of drug-likeness (QED) is 0.563. The minimum absolute atomic E-state index is 0.577. The Morgan fingerprint density at radius 2 is 2.05 bits per heavy atom. The van der Waals surface area contributed by atoms with Crippen LogP contribution in [0.25, 0.3) is 11.0 Å². The molecule has 1 aliphatic rings. The second kappa shape index (κ2) is 5.12. The molecule has 2 nitrogen and oxygen atoms in total. The third-order valence-corrected chi connectivity index (χ3v) is 4.76. The summed E-state index contributed by atoms with van der Waals surface area (Å²) >= 11 is 5.56. The number of H-pyrrole nitrogens is 1. The number of rotatable bonds is 1. The van der Waals surface area contributed by atoms with Gasteiger partial charge in [-0.05, 0) is 62.0 Å². The van der Waals surface area contributed by atoms with Crippen molar-refractivity contribution in [3.8, 4) is 0 Å². The maximum atomic E-state index is 5.56. The summed E-state index contributed by atoms with van der Waals surface area (Å²) in [4.78, 5) is 3.36. The molecule has 1 heterocycles. The van der Waals surface area contributed by atoms with Crippen molar-refractivity contribution in [1.82, 2.24) is 9.55 Å². The summed E-state index contributed by atoms with van der Waals surface area (Å²) in [5.74, 6) is 0.867. The third kappa shape index (κ3) is 2.48. The topological polar surface area (TPSA) is 20.7 Å². The van der Waals surface area contributed by atoms with E-state index in [9.17, 15) is 0 Å². The van der Waals surface area contributed by atoms with Crippen molar-refractivity contribution < 1.29 is 0 Å². The van der Waals surface area contributed by atoms with Crippen LogP contribution in [0.4, 0.5) is 0 Å². The lowest BCUT2D eigenvalue weighted by Crippen LogP contribution is -2.08. The molecule has 2 unspecified atom stereocenters. The highest BCUT2D eigenvalue weighted by Gasteiger charge is 2.20. The van der Waals surface area contributed by atoms with Gasteiger partial charge in [-0.3, -0.25) is 0 Å². The van der Waals surface area contributed by atoms with E-state index >= 15 is 0 Å².